The second kappa shape index (κ2) is 8.33. The molecule has 5 nitrogen and oxygen atoms in total. The number of rotatable bonds is 6. The Kier molecular flexibility index (Phi) is 6.11. The first-order chi connectivity index (χ1) is 12.5. The van der Waals surface area contributed by atoms with Gasteiger partial charge in [0.25, 0.3) is 10.0 Å². The minimum atomic E-state index is -3.51. The van der Waals surface area contributed by atoms with E-state index in [0.717, 1.165) is 24.8 Å². The van der Waals surface area contributed by atoms with Crippen LogP contribution in [0, 0.1) is 6.92 Å². The molecule has 0 unspecified atom stereocenters. The van der Waals surface area contributed by atoms with Gasteiger partial charge in [0.2, 0.25) is 5.91 Å². The van der Waals surface area contributed by atoms with Gasteiger partial charge in [-0.1, -0.05) is 42.3 Å². The molecule has 1 amide bonds. The summed E-state index contributed by atoms with van der Waals surface area (Å²) in [5, 5.41) is 4.68. The number of thiophene rings is 1. The molecule has 3 rings (SSSR count). The summed E-state index contributed by atoms with van der Waals surface area (Å²) < 4.78 is 27.6. The standard InChI is InChI=1S/C19H24N2O3S2/c1-15-7-9-16(10-8-15)14-20-18(22)13-17-5-2-3-11-21(17)26(23,24)19-6-4-12-25-19/h4,6-10,12,17H,2-3,5,11,13-14H2,1H3,(H,20,22)/t17-/m1/s1. The van der Waals surface area contributed by atoms with Gasteiger partial charge in [0.1, 0.15) is 4.21 Å². The Morgan fingerprint density at radius 2 is 2.00 bits per heavy atom. The number of hydrogen-bond donors (Lipinski definition) is 1. The topological polar surface area (TPSA) is 66.5 Å². The van der Waals surface area contributed by atoms with Gasteiger partial charge in [0, 0.05) is 25.6 Å². The highest BCUT2D eigenvalue weighted by atomic mass is 32.2. The molecule has 0 aliphatic carbocycles. The third-order valence-electron chi connectivity index (χ3n) is 4.66. The fourth-order valence-electron chi connectivity index (χ4n) is 3.21. The van der Waals surface area contributed by atoms with Gasteiger partial charge < -0.3 is 5.32 Å². The van der Waals surface area contributed by atoms with Gasteiger partial charge in [-0.15, -0.1) is 11.3 Å². The summed E-state index contributed by atoms with van der Waals surface area (Å²) in [4.78, 5) is 12.4. The largest absolute Gasteiger partial charge is 0.352 e. The van der Waals surface area contributed by atoms with E-state index in [4.69, 9.17) is 0 Å². The van der Waals surface area contributed by atoms with Crippen molar-refractivity contribution in [3.05, 3.63) is 52.9 Å². The van der Waals surface area contributed by atoms with Gasteiger partial charge >= 0.3 is 0 Å². The molecule has 1 aliphatic heterocycles. The van der Waals surface area contributed by atoms with Gasteiger partial charge in [-0.25, -0.2) is 8.42 Å². The van der Waals surface area contributed by atoms with E-state index < -0.39 is 10.0 Å². The zero-order chi connectivity index (χ0) is 18.6. The van der Waals surface area contributed by atoms with E-state index in [2.05, 4.69) is 5.32 Å². The van der Waals surface area contributed by atoms with Gasteiger partial charge in [-0.3, -0.25) is 4.79 Å². The molecule has 1 saturated heterocycles. The number of nitrogens with zero attached hydrogens (tertiary/aromatic N) is 1. The first kappa shape index (κ1) is 19.1. The zero-order valence-electron chi connectivity index (χ0n) is 14.8. The molecule has 0 bridgehead atoms. The lowest BCUT2D eigenvalue weighted by Crippen LogP contribution is -2.45. The summed E-state index contributed by atoms with van der Waals surface area (Å²) in [5.74, 6) is -0.108. The second-order valence-corrected chi connectivity index (χ2v) is 9.73. The van der Waals surface area contributed by atoms with Crippen molar-refractivity contribution in [2.24, 2.45) is 0 Å². The maximum atomic E-state index is 12.9. The Hall–Kier alpha value is -1.70. The number of amides is 1. The molecular weight excluding hydrogens is 368 g/mol. The molecule has 0 spiro atoms. The highest BCUT2D eigenvalue weighted by Gasteiger charge is 2.35. The molecule has 140 valence electrons. The normalized spacial score (nSPS) is 18.6. The van der Waals surface area contributed by atoms with Crippen LogP contribution in [0.2, 0.25) is 0 Å². The third kappa shape index (κ3) is 4.52. The first-order valence-corrected chi connectivity index (χ1v) is 11.2. The number of carbonyl (C=O) groups excluding carboxylic acids is 1. The minimum Gasteiger partial charge on any atom is -0.352 e. The number of piperidine rings is 1. The molecule has 1 aromatic carbocycles. The van der Waals surface area contributed by atoms with Crippen molar-refractivity contribution in [1.82, 2.24) is 9.62 Å². The van der Waals surface area contributed by atoms with Crippen molar-refractivity contribution in [2.45, 2.75) is 49.4 Å². The Morgan fingerprint density at radius 3 is 2.69 bits per heavy atom. The number of hydrogen-bond acceptors (Lipinski definition) is 4. The number of sulfonamides is 1. The predicted molar refractivity (Wildman–Crippen MR) is 103 cm³/mol. The predicted octanol–water partition coefficient (Wildman–Crippen LogP) is 3.31. The summed E-state index contributed by atoms with van der Waals surface area (Å²) in [6, 6.07) is 11.1. The molecule has 2 aromatic rings. The van der Waals surface area contributed by atoms with Crippen molar-refractivity contribution in [3.63, 3.8) is 0 Å². The van der Waals surface area contributed by atoms with E-state index in [1.807, 2.05) is 31.2 Å². The van der Waals surface area contributed by atoms with Crippen LogP contribution in [-0.4, -0.2) is 31.2 Å². The van der Waals surface area contributed by atoms with Crippen LogP contribution in [0.5, 0.6) is 0 Å². The van der Waals surface area contributed by atoms with E-state index in [-0.39, 0.29) is 18.4 Å². The van der Waals surface area contributed by atoms with Gasteiger partial charge in [0.05, 0.1) is 0 Å². The quantitative estimate of drug-likeness (QED) is 0.820. The second-order valence-electron chi connectivity index (χ2n) is 6.66. The third-order valence-corrected chi connectivity index (χ3v) is 7.99. The average Bonchev–Trinajstić information content (AvgIpc) is 3.17. The SMILES string of the molecule is Cc1ccc(CNC(=O)C[C@H]2CCCCN2S(=O)(=O)c2cccs2)cc1. The maximum Gasteiger partial charge on any atom is 0.252 e. The average molecular weight is 393 g/mol. The Balaban J connectivity index is 1.63. The molecule has 0 saturated carbocycles. The lowest BCUT2D eigenvalue weighted by molar-refractivity contribution is -0.122. The number of nitrogens with one attached hydrogen (secondary N) is 1. The number of benzene rings is 1. The molecule has 1 aliphatic rings. The molecule has 2 heterocycles. The summed E-state index contributed by atoms with van der Waals surface area (Å²) in [5.41, 5.74) is 2.22. The molecule has 26 heavy (non-hydrogen) atoms. The summed E-state index contributed by atoms with van der Waals surface area (Å²) in [6.45, 7) is 2.97. The molecular formula is C19H24N2O3S2. The van der Waals surface area contributed by atoms with Crippen molar-refractivity contribution in [3.8, 4) is 0 Å². The van der Waals surface area contributed by atoms with Crippen LogP contribution in [0.4, 0.5) is 0 Å². The summed E-state index contributed by atoms with van der Waals surface area (Å²) in [6.07, 6.45) is 2.72. The summed E-state index contributed by atoms with van der Waals surface area (Å²) >= 11 is 1.22. The van der Waals surface area contributed by atoms with Crippen LogP contribution < -0.4 is 5.32 Å². The van der Waals surface area contributed by atoms with Crippen LogP contribution in [0.3, 0.4) is 0 Å². The molecule has 1 fully saturated rings. The van der Waals surface area contributed by atoms with Crippen LogP contribution in [0.1, 0.15) is 36.8 Å². The van der Waals surface area contributed by atoms with Crippen LogP contribution in [0.25, 0.3) is 0 Å². The monoisotopic (exact) mass is 392 g/mol. The van der Waals surface area contributed by atoms with Crippen LogP contribution in [0.15, 0.2) is 46.0 Å². The first-order valence-electron chi connectivity index (χ1n) is 8.84. The van der Waals surface area contributed by atoms with E-state index >= 15 is 0 Å². The molecule has 0 radical (unpaired) electrons. The Bertz CT molecular complexity index is 830. The summed E-state index contributed by atoms with van der Waals surface area (Å²) in [7, 11) is -3.51. The van der Waals surface area contributed by atoms with Crippen molar-refractivity contribution < 1.29 is 13.2 Å². The minimum absolute atomic E-state index is 0.108. The van der Waals surface area contributed by atoms with E-state index in [9.17, 15) is 13.2 Å². The Morgan fingerprint density at radius 1 is 1.23 bits per heavy atom. The van der Waals surface area contributed by atoms with Crippen molar-refractivity contribution in [2.75, 3.05) is 6.54 Å². The molecule has 1 aromatic heterocycles. The fourth-order valence-corrected chi connectivity index (χ4v) is 6.03. The Labute approximate surface area is 159 Å². The lowest BCUT2D eigenvalue weighted by atomic mass is 10.0. The van der Waals surface area contributed by atoms with Crippen LogP contribution >= 0.6 is 11.3 Å². The lowest BCUT2D eigenvalue weighted by Gasteiger charge is -2.34. The number of carbonyl (C=O) groups is 1. The smallest absolute Gasteiger partial charge is 0.252 e. The zero-order valence-corrected chi connectivity index (χ0v) is 16.5. The number of aryl methyl sites for hydroxylation is 1. The molecule has 7 heteroatoms. The highest BCUT2D eigenvalue weighted by Crippen LogP contribution is 2.29. The molecule has 1 N–H and O–H groups in total. The van der Waals surface area contributed by atoms with E-state index in [0.29, 0.717) is 17.3 Å². The maximum absolute atomic E-state index is 12.9. The fraction of sp³-hybridized carbons (Fsp3) is 0.421. The van der Waals surface area contributed by atoms with Gasteiger partial charge in [-0.2, -0.15) is 4.31 Å². The highest BCUT2D eigenvalue weighted by molar-refractivity contribution is 7.91. The van der Waals surface area contributed by atoms with E-state index in [1.54, 1.807) is 17.5 Å². The van der Waals surface area contributed by atoms with Crippen molar-refractivity contribution >= 4 is 27.3 Å². The van der Waals surface area contributed by atoms with E-state index in [1.165, 1.54) is 21.2 Å². The molecule has 1 atom stereocenters. The van der Waals surface area contributed by atoms with Crippen LogP contribution in [-0.2, 0) is 21.4 Å². The van der Waals surface area contributed by atoms with Gasteiger partial charge in [0.15, 0.2) is 0 Å². The van der Waals surface area contributed by atoms with Crippen molar-refractivity contribution in [1.29, 1.82) is 0 Å². The van der Waals surface area contributed by atoms with Gasteiger partial charge in [-0.05, 0) is 36.8 Å².